The van der Waals surface area contributed by atoms with Crippen molar-refractivity contribution in [3.05, 3.63) is 29.3 Å². The van der Waals surface area contributed by atoms with Gasteiger partial charge >= 0.3 is 6.18 Å². The summed E-state index contributed by atoms with van der Waals surface area (Å²) in [5, 5.41) is 2.79. The second-order valence-corrected chi connectivity index (χ2v) is 8.84. The molecule has 0 aromatic heterocycles. The zero-order chi connectivity index (χ0) is 21.0. The van der Waals surface area contributed by atoms with Crippen molar-refractivity contribution in [1.82, 2.24) is 4.90 Å². The Morgan fingerprint density at radius 2 is 1.79 bits per heavy atom. The fourth-order valence-electron chi connectivity index (χ4n) is 4.78. The number of carbonyl (C=O) groups excluding carboxylic acids is 2. The SMILES string of the molecule is Cc1cc(C(F)(F)F)ccc1NC(=O)C1C[C@H]2CC[C@@H](C1)N2C(=O)C1(C)COC1. The summed E-state index contributed by atoms with van der Waals surface area (Å²) in [6.45, 7) is 4.36. The van der Waals surface area contributed by atoms with Crippen molar-refractivity contribution in [2.75, 3.05) is 18.5 Å². The number of fused-ring (bicyclic) bond motifs is 2. The standard InChI is InChI=1S/C21H25F3N2O3/c1-12-7-14(21(22,23)24)3-6-17(12)25-18(27)13-8-15-4-5-16(9-13)26(15)19(28)20(2)10-29-11-20/h3,6-7,13,15-16H,4-5,8-11H2,1-2H3,(H,25,27)/t13?,15-,16+. The smallest absolute Gasteiger partial charge is 0.379 e. The summed E-state index contributed by atoms with van der Waals surface area (Å²) in [5.41, 5.74) is -0.409. The molecule has 3 heterocycles. The molecule has 0 aliphatic carbocycles. The van der Waals surface area contributed by atoms with Gasteiger partial charge in [0.25, 0.3) is 0 Å². The van der Waals surface area contributed by atoms with Gasteiger partial charge in [-0.15, -0.1) is 0 Å². The third-order valence-corrected chi connectivity index (χ3v) is 6.51. The number of nitrogens with one attached hydrogen (secondary N) is 1. The summed E-state index contributed by atoms with van der Waals surface area (Å²) in [6.07, 6.45) is -1.46. The normalized spacial score (nSPS) is 28.0. The number of amides is 2. The van der Waals surface area contributed by atoms with Crippen molar-refractivity contribution >= 4 is 17.5 Å². The molecule has 3 aliphatic heterocycles. The van der Waals surface area contributed by atoms with Crippen LogP contribution in [-0.4, -0.2) is 42.0 Å². The van der Waals surface area contributed by atoms with Gasteiger partial charge in [-0.05, 0) is 63.3 Å². The van der Waals surface area contributed by atoms with Crippen LogP contribution < -0.4 is 5.32 Å². The van der Waals surface area contributed by atoms with E-state index in [-0.39, 0.29) is 29.8 Å². The third-order valence-electron chi connectivity index (χ3n) is 6.51. The number of ether oxygens (including phenoxy) is 1. The topological polar surface area (TPSA) is 58.6 Å². The lowest BCUT2D eigenvalue weighted by molar-refractivity contribution is -0.174. The Balaban J connectivity index is 1.42. The van der Waals surface area contributed by atoms with Crippen LogP contribution in [0.1, 0.15) is 43.7 Å². The Hall–Kier alpha value is -2.09. The zero-order valence-electron chi connectivity index (χ0n) is 16.5. The summed E-state index contributed by atoms with van der Waals surface area (Å²) in [6, 6.07) is 3.42. The zero-order valence-corrected chi connectivity index (χ0v) is 16.5. The molecule has 0 saturated carbocycles. The first kappa shape index (κ1) is 20.2. The molecule has 29 heavy (non-hydrogen) atoms. The first-order chi connectivity index (χ1) is 13.6. The molecule has 3 atom stereocenters. The monoisotopic (exact) mass is 410 g/mol. The molecule has 1 aromatic rings. The van der Waals surface area contributed by atoms with Crippen LogP contribution in [0.2, 0.25) is 0 Å². The van der Waals surface area contributed by atoms with E-state index < -0.39 is 17.2 Å². The molecule has 3 saturated heterocycles. The summed E-state index contributed by atoms with van der Waals surface area (Å²) in [4.78, 5) is 27.7. The highest BCUT2D eigenvalue weighted by Gasteiger charge is 2.52. The van der Waals surface area contributed by atoms with E-state index in [0.29, 0.717) is 37.3 Å². The third kappa shape index (κ3) is 3.63. The number of aryl methyl sites for hydroxylation is 1. The Morgan fingerprint density at radius 3 is 2.28 bits per heavy atom. The molecular weight excluding hydrogens is 385 g/mol. The second kappa shape index (κ2) is 7.00. The number of benzene rings is 1. The van der Waals surface area contributed by atoms with Crippen molar-refractivity contribution in [1.29, 1.82) is 0 Å². The number of halogens is 3. The van der Waals surface area contributed by atoms with Gasteiger partial charge in [0.15, 0.2) is 0 Å². The van der Waals surface area contributed by atoms with Crippen molar-refractivity contribution in [3.8, 4) is 0 Å². The maximum Gasteiger partial charge on any atom is 0.416 e. The predicted octanol–water partition coefficient (Wildman–Crippen LogP) is 3.76. The average molecular weight is 410 g/mol. The number of nitrogens with zero attached hydrogens (tertiary/aromatic N) is 1. The molecule has 2 amide bonds. The van der Waals surface area contributed by atoms with Gasteiger partial charge in [-0.2, -0.15) is 13.2 Å². The largest absolute Gasteiger partial charge is 0.416 e. The number of hydrogen-bond acceptors (Lipinski definition) is 3. The lowest BCUT2D eigenvalue weighted by atomic mass is 9.83. The van der Waals surface area contributed by atoms with E-state index >= 15 is 0 Å². The maximum atomic E-state index is 12.9. The lowest BCUT2D eigenvalue weighted by Gasteiger charge is -2.46. The van der Waals surface area contributed by atoms with Crippen molar-refractivity contribution in [2.24, 2.45) is 11.3 Å². The van der Waals surface area contributed by atoms with Gasteiger partial charge in [0.2, 0.25) is 11.8 Å². The molecule has 3 fully saturated rings. The number of piperidine rings is 1. The molecule has 158 valence electrons. The van der Waals surface area contributed by atoms with Gasteiger partial charge in [0, 0.05) is 23.7 Å². The number of anilines is 1. The van der Waals surface area contributed by atoms with Gasteiger partial charge in [0.1, 0.15) is 0 Å². The van der Waals surface area contributed by atoms with E-state index in [4.69, 9.17) is 4.74 Å². The van der Waals surface area contributed by atoms with Gasteiger partial charge < -0.3 is 15.0 Å². The summed E-state index contributed by atoms with van der Waals surface area (Å²) in [7, 11) is 0. The van der Waals surface area contributed by atoms with E-state index in [9.17, 15) is 22.8 Å². The Kier molecular flexibility index (Phi) is 4.88. The molecule has 1 N–H and O–H groups in total. The average Bonchev–Trinajstić information content (AvgIpc) is 2.88. The van der Waals surface area contributed by atoms with E-state index in [1.807, 2.05) is 11.8 Å². The molecule has 0 radical (unpaired) electrons. The fraction of sp³-hybridized carbons (Fsp3) is 0.619. The predicted molar refractivity (Wildman–Crippen MR) is 100 cm³/mol. The molecule has 4 rings (SSSR count). The minimum atomic E-state index is -4.41. The van der Waals surface area contributed by atoms with Crippen LogP contribution in [0, 0.1) is 18.3 Å². The number of carbonyl (C=O) groups is 2. The van der Waals surface area contributed by atoms with Crippen LogP contribution in [0.3, 0.4) is 0 Å². The van der Waals surface area contributed by atoms with Crippen molar-refractivity contribution in [3.63, 3.8) is 0 Å². The Labute approximate surface area is 167 Å². The lowest BCUT2D eigenvalue weighted by Crippen LogP contribution is -2.58. The number of rotatable bonds is 3. The minimum Gasteiger partial charge on any atom is -0.379 e. The van der Waals surface area contributed by atoms with Crippen LogP contribution in [0.5, 0.6) is 0 Å². The summed E-state index contributed by atoms with van der Waals surface area (Å²) >= 11 is 0. The second-order valence-electron chi connectivity index (χ2n) is 8.84. The maximum absolute atomic E-state index is 12.9. The first-order valence-corrected chi connectivity index (χ1v) is 9.98. The van der Waals surface area contributed by atoms with Gasteiger partial charge in [-0.1, -0.05) is 0 Å². The first-order valence-electron chi connectivity index (χ1n) is 9.98. The minimum absolute atomic E-state index is 0.0446. The van der Waals surface area contributed by atoms with Crippen LogP contribution in [-0.2, 0) is 20.5 Å². The number of hydrogen-bond donors (Lipinski definition) is 1. The van der Waals surface area contributed by atoms with E-state index in [1.54, 1.807) is 6.92 Å². The molecule has 2 bridgehead atoms. The van der Waals surface area contributed by atoms with Gasteiger partial charge in [-0.25, -0.2) is 0 Å². The number of alkyl halides is 3. The summed E-state index contributed by atoms with van der Waals surface area (Å²) < 4.78 is 43.7. The molecule has 3 aliphatic rings. The van der Waals surface area contributed by atoms with Crippen molar-refractivity contribution < 1.29 is 27.5 Å². The van der Waals surface area contributed by atoms with Gasteiger partial charge in [-0.3, -0.25) is 9.59 Å². The highest BCUT2D eigenvalue weighted by molar-refractivity contribution is 5.94. The van der Waals surface area contributed by atoms with Crippen LogP contribution in [0.4, 0.5) is 18.9 Å². The Bertz CT molecular complexity index is 821. The van der Waals surface area contributed by atoms with E-state index in [1.165, 1.54) is 6.07 Å². The highest BCUT2D eigenvalue weighted by atomic mass is 19.4. The quantitative estimate of drug-likeness (QED) is 0.826. The van der Waals surface area contributed by atoms with Crippen molar-refractivity contribution in [2.45, 2.75) is 57.8 Å². The molecule has 8 heteroatoms. The van der Waals surface area contributed by atoms with Crippen LogP contribution in [0.15, 0.2) is 18.2 Å². The molecule has 1 aromatic carbocycles. The Morgan fingerprint density at radius 1 is 1.17 bits per heavy atom. The van der Waals surface area contributed by atoms with E-state index in [2.05, 4.69) is 5.32 Å². The van der Waals surface area contributed by atoms with Crippen LogP contribution >= 0.6 is 0 Å². The molecule has 1 unspecified atom stereocenters. The highest BCUT2D eigenvalue weighted by Crippen LogP contribution is 2.43. The molecular formula is C21H25F3N2O3. The molecule has 5 nitrogen and oxygen atoms in total. The fourth-order valence-corrected chi connectivity index (χ4v) is 4.78. The molecule has 0 spiro atoms. The van der Waals surface area contributed by atoms with E-state index in [0.717, 1.165) is 25.0 Å². The van der Waals surface area contributed by atoms with Gasteiger partial charge in [0.05, 0.1) is 24.2 Å². The summed E-state index contributed by atoms with van der Waals surface area (Å²) in [5.74, 6) is -0.313. The van der Waals surface area contributed by atoms with Crippen LogP contribution in [0.25, 0.3) is 0 Å².